The summed E-state index contributed by atoms with van der Waals surface area (Å²) in [6.07, 6.45) is 0. The number of benzene rings is 1. The number of nitriles is 1. The minimum Gasteiger partial charge on any atom is -0.269 e. The summed E-state index contributed by atoms with van der Waals surface area (Å²) in [5.74, 6) is -1.90. The van der Waals surface area contributed by atoms with Crippen LogP contribution in [0, 0.1) is 18.3 Å². The molecule has 1 aliphatic heterocycles. The number of nitrogens with zero attached hydrogens (tertiary/aromatic N) is 2. The number of imide groups is 2. The average Bonchev–Trinajstić information content (AvgIpc) is 2.55. The van der Waals surface area contributed by atoms with Crippen molar-refractivity contribution in [1.82, 2.24) is 5.32 Å². The van der Waals surface area contributed by atoms with Crippen LogP contribution in [-0.4, -0.2) is 17.8 Å². The molecule has 0 bridgehead atoms. The van der Waals surface area contributed by atoms with Crippen LogP contribution in [0.5, 0.6) is 0 Å². The van der Waals surface area contributed by atoms with Gasteiger partial charge in [-0.3, -0.25) is 14.9 Å². The van der Waals surface area contributed by atoms with Crippen LogP contribution in [0.15, 0.2) is 18.2 Å². The Morgan fingerprint density at radius 1 is 1.29 bits per heavy atom. The number of urea groups is 1. The summed E-state index contributed by atoms with van der Waals surface area (Å²) in [5, 5.41) is 10.7. The standard InChI is InChI=1S/C11H7N3O3/c1-6-2-3-7(5-12)4-8(6)14-10(16)9(15)13-11(14)17/h2-4H,1H3,(H,13,15,17). The second-order valence-electron chi connectivity index (χ2n) is 3.51. The summed E-state index contributed by atoms with van der Waals surface area (Å²) in [6, 6.07) is 5.68. The predicted molar refractivity (Wildman–Crippen MR) is 56.9 cm³/mol. The molecule has 0 spiro atoms. The maximum absolute atomic E-state index is 11.5. The first-order chi connectivity index (χ1) is 8.04. The Labute approximate surface area is 96.4 Å². The fourth-order valence-electron chi connectivity index (χ4n) is 1.54. The smallest absolute Gasteiger partial charge is 0.269 e. The summed E-state index contributed by atoms with van der Waals surface area (Å²) < 4.78 is 0. The first-order valence-corrected chi connectivity index (χ1v) is 4.74. The van der Waals surface area contributed by atoms with E-state index in [-0.39, 0.29) is 5.69 Å². The maximum atomic E-state index is 11.5. The molecule has 1 fully saturated rings. The van der Waals surface area contributed by atoms with Gasteiger partial charge in [-0.1, -0.05) is 6.07 Å². The Bertz CT molecular complexity index is 586. The van der Waals surface area contributed by atoms with Gasteiger partial charge in [0.2, 0.25) is 0 Å². The number of nitrogens with one attached hydrogen (secondary N) is 1. The summed E-state index contributed by atoms with van der Waals surface area (Å²) in [7, 11) is 0. The van der Waals surface area contributed by atoms with Gasteiger partial charge in [0.15, 0.2) is 0 Å². The van der Waals surface area contributed by atoms with Gasteiger partial charge < -0.3 is 0 Å². The van der Waals surface area contributed by atoms with Crippen LogP contribution in [0.4, 0.5) is 10.5 Å². The molecule has 1 aromatic carbocycles. The lowest BCUT2D eigenvalue weighted by molar-refractivity contribution is -0.134. The second-order valence-corrected chi connectivity index (χ2v) is 3.51. The van der Waals surface area contributed by atoms with Crippen molar-refractivity contribution >= 4 is 23.5 Å². The third kappa shape index (κ3) is 1.63. The molecular formula is C11H7N3O3. The van der Waals surface area contributed by atoms with Gasteiger partial charge in [-0.25, -0.2) is 9.69 Å². The van der Waals surface area contributed by atoms with Crippen LogP contribution >= 0.6 is 0 Å². The lowest BCUT2D eigenvalue weighted by Gasteiger charge is -2.14. The molecule has 2 rings (SSSR count). The molecule has 1 N–H and O–H groups in total. The number of anilines is 1. The molecule has 1 aliphatic rings. The summed E-state index contributed by atoms with van der Waals surface area (Å²) >= 11 is 0. The number of carbonyl (C=O) groups excluding carboxylic acids is 3. The van der Waals surface area contributed by atoms with Gasteiger partial charge >= 0.3 is 17.8 Å². The van der Waals surface area contributed by atoms with Crippen molar-refractivity contribution in [1.29, 1.82) is 5.26 Å². The predicted octanol–water partition coefficient (Wildman–Crippen LogP) is 0.449. The van der Waals surface area contributed by atoms with Crippen molar-refractivity contribution in [3.63, 3.8) is 0 Å². The number of hydrogen-bond acceptors (Lipinski definition) is 4. The quantitative estimate of drug-likeness (QED) is 0.559. The second kappa shape index (κ2) is 3.72. The fourth-order valence-corrected chi connectivity index (χ4v) is 1.54. The van der Waals surface area contributed by atoms with E-state index in [1.165, 1.54) is 6.07 Å². The van der Waals surface area contributed by atoms with E-state index in [0.29, 0.717) is 11.1 Å². The molecule has 1 aromatic rings. The number of hydrogen-bond donors (Lipinski definition) is 1. The van der Waals surface area contributed by atoms with Gasteiger partial charge in [-0.2, -0.15) is 5.26 Å². The monoisotopic (exact) mass is 229 g/mol. The van der Waals surface area contributed by atoms with Crippen LogP contribution in [0.3, 0.4) is 0 Å². The zero-order valence-corrected chi connectivity index (χ0v) is 8.85. The summed E-state index contributed by atoms with van der Waals surface area (Å²) in [6.45, 7) is 1.68. The molecule has 1 saturated heterocycles. The zero-order valence-electron chi connectivity index (χ0n) is 8.85. The Balaban J connectivity index is 2.54. The normalized spacial score (nSPS) is 14.8. The Hall–Kier alpha value is -2.68. The van der Waals surface area contributed by atoms with Crippen LogP contribution in [0.2, 0.25) is 0 Å². The van der Waals surface area contributed by atoms with E-state index in [1.54, 1.807) is 19.1 Å². The van der Waals surface area contributed by atoms with E-state index in [9.17, 15) is 14.4 Å². The van der Waals surface area contributed by atoms with Crippen molar-refractivity contribution in [3.8, 4) is 6.07 Å². The van der Waals surface area contributed by atoms with E-state index < -0.39 is 17.8 Å². The van der Waals surface area contributed by atoms with Gasteiger partial charge in [0.25, 0.3) is 0 Å². The highest BCUT2D eigenvalue weighted by molar-refractivity contribution is 6.53. The van der Waals surface area contributed by atoms with Crippen LogP contribution in [-0.2, 0) is 9.59 Å². The third-order valence-corrected chi connectivity index (χ3v) is 2.40. The van der Waals surface area contributed by atoms with Crippen molar-refractivity contribution in [2.24, 2.45) is 0 Å². The topological polar surface area (TPSA) is 90.3 Å². The zero-order chi connectivity index (χ0) is 12.6. The molecule has 1 heterocycles. The lowest BCUT2D eigenvalue weighted by atomic mass is 10.1. The van der Waals surface area contributed by atoms with Gasteiger partial charge in [0.05, 0.1) is 17.3 Å². The highest BCUT2D eigenvalue weighted by Gasteiger charge is 2.38. The van der Waals surface area contributed by atoms with Gasteiger partial charge in [0.1, 0.15) is 0 Å². The molecular weight excluding hydrogens is 222 g/mol. The van der Waals surface area contributed by atoms with E-state index in [1.807, 2.05) is 11.4 Å². The van der Waals surface area contributed by atoms with E-state index in [2.05, 4.69) is 0 Å². The van der Waals surface area contributed by atoms with Gasteiger partial charge in [-0.15, -0.1) is 0 Å². The van der Waals surface area contributed by atoms with Crippen LogP contribution in [0.1, 0.15) is 11.1 Å². The third-order valence-electron chi connectivity index (χ3n) is 2.40. The molecule has 0 unspecified atom stereocenters. The molecule has 0 aromatic heterocycles. The SMILES string of the molecule is Cc1ccc(C#N)cc1N1C(=O)NC(=O)C1=O. The molecule has 17 heavy (non-hydrogen) atoms. The van der Waals surface area contributed by atoms with E-state index in [0.717, 1.165) is 4.90 Å². The van der Waals surface area contributed by atoms with Crippen molar-refractivity contribution < 1.29 is 14.4 Å². The van der Waals surface area contributed by atoms with Crippen LogP contribution < -0.4 is 10.2 Å². The average molecular weight is 229 g/mol. The molecule has 6 nitrogen and oxygen atoms in total. The Kier molecular flexibility index (Phi) is 2.37. The molecule has 6 heteroatoms. The minimum atomic E-state index is -0.961. The van der Waals surface area contributed by atoms with Gasteiger partial charge in [0, 0.05) is 0 Å². The summed E-state index contributed by atoms with van der Waals surface area (Å²) in [5.41, 5.74) is 1.19. The highest BCUT2D eigenvalue weighted by Crippen LogP contribution is 2.23. The minimum absolute atomic E-state index is 0.248. The van der Waals surface area contributed by atoms with E-state index in [4.69, 9.17) is 5.26 Å². The summed E-state index contributed by atoms with van der Waals surface area (Å²) in [4.78, 5) is 34.7. The first kappa shape index (κ1) is 10.8. The van der Waals surface area contributed by atoms with Crippen molar-refractivity contribution in [3.05, 3.63) is 29.3 Å². The number of rotatable bonds is 1. The number of aryl methyl sites for hydroxylation is 1. The van der Waals surface area contributed by atoms with Gasteiger partial charge in [-0.05, 0) is 24.6 Å². The number of carbonyl (C=O) groups is 3. The fraction of sp³-hybridized carbons (Fsp3) is 0.0909. The molecule has 0 radical (unpaired) electrons. The molecule has 0 atom stereocenters. The number of amides is 4. The molecule has 4 amide bonds. The van der Waals surface area contributed by atoms with E-state index >= 15 is 0 Å². The maximum Gasteiger partial charge on any atom is 0.336 e. The molecule has 84 valence electrons. The lowest BCUT2D eigenvalue weighted by Crippen LogP contribution is -2.31. The van der Waals surface area contributed by atoms with Crippen molar-refractivity contribution in [2.45, 2.75) is 6.92 Å². The molecule has 0 aliphatic carbocycles. The first-order valence-electron chi connectivity index (χ1n) is 4.74. The molecule has 0 saturated carbocycles. The largest absolute Gasteiger partial charge is 0.336 e. The highest BCUT2D eigenvalue weighted by atomic mass is 16.2. The Morgan fingerprint density at radius 3 is 2.53 bits per heavy atom. The Morgan fingerprint density at radius 2 is 2.00 bits per heavy atom. The van der Waals surface area contributed by atoms with Crippen LogP contribution in [0.25, 0.3) is 0 Å². The van der Waals surface area contributed by atoms with Crippen molar-refractivity contribution in [2.75, 3.05) is 4.90 Å².